The average Bonchev–Trinajstić information content (AvgIpc) is 2.71. The third kappa shape index (κ3) is 3.18. The van der Waals surface area contributed by atoms with Crippen LogP contribution in [0, 0.1) is 0 Å². The number of likely N-dealkylation sites (tertiary alicyclic amines) is 1. The molecule has 3 aromatic carbocycles. The van der Waals surface area contributed by atoms with Gasteiger partial charge in [-0.1, -0.05) is 91.0 Å². The van der Waals surface area contributed by atoms with Gasteiger partial charge in [0.05, 0.1) is 5.60 Å². The Bertz CT molecular complexity index is 782. The zero-order valence-electron chi connectivity index (χ0n) is 15.1. The Hall–Kier alpha value is -2.42. The van der Waals surface area contributed by atoms with Crippen LogP contribution in [0.25, 0.3) is 0 Å². The molecule has 0 unspecified atom stereocenters. The first kappa shape index (κ1) is 17.0. The summed E-state index contributed by atoms with van der Waals surface area (Å²) in [7, 11) is 2.18. The molecule has 2 nitrogen and oxygen atoms in total. The monoisotopic (exact) mass is 343 g/mol. The van der Waals surface area contributed by atoms with Crippen molar-refractivity contribution in [2.75, 3.05) is 7.05 Å². The molecular formula is C24H25NO. The Morgan fingerprint density at radius 3 is 1.50 bits per heavy atom. The molecule has 1 aliphatic heterocycles. The quantitative estimate of drug-likeness (QED) is 0.716. The zero-order valence-corrected chi connectivity index (χ0v) is 15.1. The van der Waals surface area contributed by atoms with Crippen molar-refractivity contribution in [1.29, 1.82) is 0 Å². The molecule has 26 heavy (non-hydrogen) atoms. The topological polar surface area (TPSA) is 23.5 Å². The van der Waals surface area contributed by atoms with Crippen LogP contribution in [0.2, 0.25) is 0 Å². The lowest BCUT2D eigenvalue weighted by atomic mass is 9.74. The van der Waals surface area contributed by atoms with E-state index in [1.807, 2.05) is 30.3 Å². The number of rotatable bonds is 3. The summed E-state index contributed by atoms with van der Waals surface area (Å²) in [6.45, 7) is 0. The maximum atomic E-state index is 11.7. The molecule has 0 aliphatic carbocycles. The average molecular weight is 343 g/mol. The number of nitrogens with zero attached hydrogens (tertiary/aromatic N) is 1. The molecule has 4 rings (SSSR count). The van der Waals surface area contributed by atoms with Crippen LogP contribution in [0.5, 0.6) is 0 Å². The predicted molar refractivity (Wildman–Crippen MR) is 106 cm³/mol. The standard InChI is InChI=1S/C24H25NO/c1-25-22(19-11-5-2-6-12-19)17-24(26,21-15-9-4-10-16-21)18-23(25)20-13-7-3-8-14-20/h2-16,22-23,26H,17-18H2,1H3/t22-,23-/m0/s1. The number of aliphatic hydroxyl groups is 1. The van der Waals surface area contributed by atoms with Crippen molar-refractivity contribution in [3.63, 3.8) is 0 Å². The first-order chi connectivity index (χ1) is 12.7. The van der Waals surface area contributed by atoms with Gasteiger partial charge in [-0.25, -0.2) is 0 Å². The van der Waals surface area contributed by atoms with Gasteiger partial charge in [0.25, 0.3) is 0 Å². The highest BCUT2D eigenvalue weighted by atomic mass is 16.3. The van der Waals surface area contributed by atoms with Crippen molar-refractivity contribution in [3.8, 4) is 0 Å². The van der Waals surface area contributed by atoms with E-state index in [2.05, 4.69) is 72.6 Å². The van der Waals surface area contributed by atoms with E-state index in [1.54, 1.807) is 0 Å². The molecule has 0 bridgehead atoms. The highest BCUT2D eigenvalue weighted by Gasteiger charge is 2.44. The van der Waals surface area contributed by atoms with Crippen LogP contribution >= 0.6 is 0 Å². The van der Waals surface area contributed by atoms with Crippen LogP contribution in [0.3, 0.4) is 0 Å². The van der Waals surface area contributed by atoms with E-state index in [4.69, 9.17) is 0 Å². The van der Waals surface area contributed by atoms with Crippen LogP contribution in [0.15, 0.2) is 91.0 Å². The minimum Gasteiger partial charge on any atom is -0.385 e. The number of piperidine rings is 1. The van der Waals surface area contributed by atoms with E-state index >= 15 is 0 Å². The minimum atomic E-state index is -0.839. The first-order valence-corrected chi connectivity index (χ1v) is 9.27. The zero-order chi connectivity index (χ0) is 18.0. The molecule has 2 atom stereocenters. The van der Waals surface area contributed by atoms with Gasteiger partial charge >= 0.3 is 0 Å². The van der Waals surface area contributed by atoms with Crippen LogP contribution in [0.4, 0.5) is 0 Å². The van der Waals surface area contributed by atoms with Crippen molar-refractivity contribution < 1.29 is 5.11 Å². The van der Waals surface area contributed by atoms with Gasteiger partial charge in [-0.15, -0.1) is 0 Å². The van der Waals surface area contributed by atoms with Gasteiger partial charge in [-0.05, 0) is 23.7 Å². The van der Waals surface area contributed by atoms with Crippen LogP contribution in [-0.2, 0) is 5.60 Å². The van der Waals surface area contributed by atoms with Crippen molar-refractivity contribution in [3.05, 3.63) is 108 Å². The Labute approximate surface area is 155 Å². The largest absolute Gasteiger partial charge is 0.385 e. The Morgan fingerprint density at radius 2 is 1.08 bits per heavy atom. The van der Waals surface area contributed by atoms with E-state index in [1.165, 1.54) is 11.1 Å². The van der Waals surface area contributed by atoms with Crippen molar-refractivity contribution in [1.82, 2.24) is 4.90 Å². The summed E-state index contributed by atoms with van der Waals surface area (Å²) in [5.41, 5.74) is 2.68. The van der Waals surface area contributed by atoms with Gasteiger partial charge < -0.3 is 5.11 Å². The summed E-state index contributed by atoms with van der Waals surface area (Å²) in [5.74, 6) is 0. The molecule has 0 saturated carbocycles. The molecule has 0 radical (unpaired) electrons. The van der Waals surface area contributed by atoms with Gasteiger partial charge in [0.1, 0.15) is 0 Å². The lowest BCUT2D eigenvalue weighted by Crippen LogP contribution is -2.44. The van der Waals surface area contributed by atoms with Crippen LogP contribution in [-0.4, -0.2) is 17.1 Å². The summed E-state index contributed by atoms with van der Waals surface area (Å²) >= 11 is 0. The molecule has 1 fully saturated rings. The maximum Gasteiger partial charge on any atom is 0.0933 e. The molecule has 2 heteroatoms. The summed E-state index contributed by atoms with van der Waals surface area (Å²) in [6, 6.07) is 31.5. The van der Waals surface area contributed by atoms with E-state index in [9.17, 15) is 5.11 Å². The second-order valence-electron chi connectivity index (χ2n) is 7.32. The third-order valence-electron chi connectivity index (χ3n) is 5.73. The molecule has 3 aromatic rings. The summed E-state index contributed by atoms with van der Waals surface area (Å²) < 4.78 is 0. The Kier molecular flexibility index (Phi) is 4.62. The second-order valence-corrected chi connectivity index (χ2v) is 7.32. The SMILES string of the molecule is CN1[C@H](c2ccccc2)CC(O)(c2ccccc2)C[C@H]1c1ccccc1. The highest BCUT2D eigenvalue weighted by Crippen LogP contribution is 2.49. The van der Waals surface area contributed by atoms with Crippen LogP contribution < -0.4 is 0 Å². The first-order valence-electron chi connectivity index (χ1n) is 9.27. The van der Waals surface area contributed by atoms with Crippen molar-refractivity contribution in [2.24, 2.45) is 0 Å². The molecule has 0 amide bonds. The summed E-state index contributed by atoms with van der Waals surface area (Å²) in [4.78, 5) is 2.42. The number of hydrogen-bond donors (Lipinski definition) is 1. The van der Waals surface area contributed by atoms with Gasteiger partial charge in [0, 0.05) is 24.9 Å². The second kappa shape index (κ2) is 7.06. The van der Waals surface area contributed by atoms with E-state index in [0.29, 0.717) is 12.8 Å². The van der Waals surface area contributed by atoms with Crippen molar-refractivity contribution >= 4 is 0 Å². The lowest BCUT2D eigenvalue weighted by Gasteiger charge is -2.48. The number of hydrogen-bond acceptors (Lipinski definition) is 2. The Balaban J connectivity index is 1.78. The van der Waals surface area contributed by atoms with Gasteiger partial charge in [-0.3, -0.25) is 4.90 Å². The fourth-order valence-electron chi connectivity index (χ4n) is 4.27. The molecule has 1 aliphatic rings. The molecule has 0 aromatic heterocycles. The van der Waals surface area contributed by atoms with E-state index < -0.39 is 5.60 Å². The maximum absolute atomic E-state index is 11.7. The van der Waals surface area contributed by atoms with Gasteiger partial charge in [0.15, 0.2) is 0 Å². The molecular weight excluding hydrogens is 318 g/mol. The Morgan fingerprint density at radius 1 is 0.692 bits per heavy atom. The number of benzene rings is 3. The third-order valence-corrected chi connectivity index (χ3v) is 5.73. The fourth-order valence-corrected chi connectivity index (χ4v) is 4.27. The summed E-state index contributed by atoms with van der Waals surface area (Å²) in [5, 5.41) is 11.7. The normalized spacial score (nSPS) is 26.5. The minimum absolute atomic E-state index is 0.167. The fraction of sp³-hybridized carbons (Fsp3) is 0.250. The van der Waals surface area contributed by atoms with Crippen LogP contribution in [0.1, 0.15) is 41.6 Å². The smallest absolute Gasteiger partial charge is 0.0933 e. The predicted octanol–water partition coefficient (Wildman–Crippen LogP) is 5.08. The molecule has 132 valence electrons. The molecule has 1 heterocycles. The van der Waals surface area contributed by atoms with Gasteiger partial charge in [-0.2, -0.15) is 0 Å². The van der Waals surface area contributed by atoms with E-state index in [-0.39, 0.29) is 12.1 Å². The lowest BCUT2D eigenvalue weighted by molar-refractivity contribution is -0.0739. The molecule has 1 N–H and O–H groups in total. The molecule has 0 spiro atoms. The van der Waals surface area contributed by atoms with Gasteiger partial charge in [0.2, 0.25) is 0 Å². The van der Waals surface area contributed by atoms with E-state index in [0.717, 1.165) is 5.56 Å². The van der Waals surface area contributed by atoms with Crippen molar-refractivity contribution in [2.45, 2.75) is 30.5 Å². The summed E-state index contributed by atoms with van der Waals surface area (Å²) in [6.07, 6.45) is 1.39. The highest BCUT2D eigenvalue weighted by molar-refractivity contribution is 5.30. The molecule has 1 saturated heterocycles.